The van der Waals surface area contributed by atoms with Crippen LogP contribution < -0.4 is 5.43 Å². The molecule has 2 saturated heterocycles. The molecule has 156 valence electrons. The van der Waals surface area contributed by atoms with E-state index in [1.54, 1.807) is 6.07 Å². The number of pyridine rings is 1. The molecule has 2 fully saturated rings. The largest absolute Gasteiger partial charge is 0.503 e. The fourth-order valence-corrected chi connectivity index (χ4v) is 4.40. The Kier molecular flexibility index (Phi) is 6.33. The van der Waals surface area contributed by atoms with Gasteiger partial charge in [-0.15, -0.1) is 0 Å². The summed E-state index contributed by atoms with van der Waals surface area (Å²) in [6, 6.07) is 11.8. The van der Waals surface area contributed by atoms with Gasteiger partial charge in [0.2, 0.25) is 5.43 Å². The van der Waals surface area contributed by atoms with Crippen LogP contribution in [0.15, 0.2) is 41.2 Å². The average molecular weight is 398 g/mol. The zero-order chi connectivity index (χ0) is 20.2. The van der Waals surface area contributed by atoms with Gasteiger partial charge < -0.3 is 14.4 Å². The van der Waals surface area contributed by atoms with E-state index in [4.69, 9.17) is 4.74 Å². The number of piperidine rings is 1. The maximum absolute atomic E-state index is 12.5. The molecule has 0 saturated carbocycles. The summed E-state index contributed by atoms with van der Waals surface area (Å²) in [6.07, 6.45) is 3.73. The third kappa shape index (κ3) is 4.71. The molecule has 0 unspecified atom stereocenters. The molecule has 1 aromatic heterocycles. The highest BCUT2D eigenvalue weighted by molar-refractivity contribution is 5.30. The molecule has 1 aromatic carbocycles. The second kappa shape index (κ2) is 9.11. The molecule has 2 aliphatic heterocycles. The number of aromatic hydroxyl groups is 1. The Bertz CT molecular complexity index is 875. The molecular weight excluding hydrogens is 366 g/mol. The van der Waals surface area contributed by atoms with Crippen molar-refractivity contribution in [3.05, 3.63) is 63.6 Å². The monoisotopic (exact) mass is 397 g/mol. The van der Waals surface area contributed by atoms with Crippen LogP contribution in [-0.2, 0) is 24.9 Å². The van der Waals surface area contributed by atoms with Crippen LogP contribution in [0.2, 0.25) is 0 Å². The SMILES string of the molecule is Cn1c(CN2CCCCC2)cc(=O)c(O)c1CN1CCO[C@H](c2ccccc2)C1. The van der Waals surface area contributed by atoms with Gasteiger partial charge in [0.15, 0.2) is 5.75 Å². The van der Waals surface area contributed by atoms with Gasteiger partial charge in [-0.3, -0.25) is 14.6 Å². The Morgan fingerprint density at radius 3 is 2.55 bits per heavy atom. The van der Waals surface area contributed by atoms with E-state index in [-0.39, 0.29) is 17.3 Å². The summed E-state index contributed by atoms with van der Waals surface area (Å²) in [5.74, 6) is -0.127. The van der Waals surface area contributed by atoms with Crippen molar-refractivity contribution in [3.63, 3.8) is 0 Å². The maximum Gasteiger partial charge on any atom is 0.223 e. The molecule has 29 heavy (non-hydrogen) atoms. The molecule has 0 aliphatic carbocycles. The van der Waals surface area contributed by atoms with Gasteiger partial charge in [0, 0.05) is 45.0 Å². The minimum absolute atomic E-state index is 0.0145. The quantitative estimate of drug-likeness (QED) is 0.841. The van der Waals surface area contributed by atoms with Gasteiger partial charge >= 0.3 is 0 Å². The van der Waals surface area contributed by atoms with E-state index in [1.807, 2.05) is 29.8 Å². The molecule has 6 heteroatoms. The van der Waals surface area contributed by atoms with Gasteiger partial charge in [0.25, 0.3) is 0 Å². The van der Waals surface area contributed by atoms with Crippen molar-refractivity contribution < 1.29 is 9.84 Å². The van der Waals surface area contributed by atoms with E-state index < -0.39 is 0 Å². The van der Waals surface area contributed by atoms with Gasteiger partial charge in [0.1, 0.15) is 0 Å². The first-order chi connectivity index (χ1) is 14.1. The number of nitrogens with zero attached hydrogens (tertiary/aromatic N) is 3. The van der Waals surface area contributed by atoms with Crippen molar-refractivity contribution in [2.75, 3.05) is 32.8 Å². The Morgan fingerprint density at radius 1 is 1.03 bits per heavy atom. The van der Waals surface area contributed by atoms with Crippen LogP contribution in [0.4, 0.5) is 0 Å². The third-order valence-electron chi connectivity index (χ3n) is 6.17. The lowest BCUT2D eigenvalue weighted by Gasteiger charge is -2.34. The number of likely N-dealkylation sites (tertiary alicyclic amines) is 1. The van der Waals surface area contributed by atoms with Crippen molar-refractivity contribution in [2.24, 2.45) is 7.05 Å². The van der Waals surface area contributed by atoms with Crippen molar-refractivity contribution >= 4 is 0 Å². The lowest BCUT2D eigenvalue weighted by Crippen LogP contribution is -2.39. The first kappa shape index (κ1) is 20.1. The molecule has 0 amide bonds. The molecular formula is C23H31N3O3. The highest BCUT2D eigenvalue weighted by Crippen LogP contribution is 2.25. The van der Waals surface area contributed by atoms with E-state index in [0.717, 1.165) is 44.0 Å². The molecule has 1 N–H and O–H groups in total. The van der Waals surface area contributed by atoms with Crippen LogP contribution in [-0.4, -0.2) is 52.3 Å². The smallest absolute Gasteiger partial charge is 0.223 e. The number of aromatic nitrogens is 1. The number of ether oxygens (including phenoxy) is 1. The molecule has 6 nitrogen and oxygen atoms in total. The van der Waals surface area contributed by atoms with Crippen molar-refractivity contribution in [1.29, 1.82) is 0 Å². The minimum Gasteiger partial charge on any atom is -0.503 e. The topological polar surface area (TPSA) is 57.9 Å². The lowest BCUT2D eigenvalue weighted by atomic mass is 10.1. The van der Waals surface area contributed by atoms with Gasteiger partial charge in [-0.1, -0.05) is 36.8 Å². The Morgan fingerprint density at radius 2 is 1.79 bits per heavy atom. The third-order valence-corrected chi connectivity index (χ3v) is 6.17. The second-order valence-corrected chi connectivity index (χ2v) is 8.20. The van der Waals surface area contributed by atoms with Crippen LogP contribution in [0.5, 0.6) is 5.75 Å². The first-order valence-corrected chi connectivity index (χ1v) is 10.6. The molecule has 2 aliphatic rings. The maximum atomic E-state index is 12.5. The number of benzene rings is 1. The first-order valence-electron chi connectivity index (χ1n) is 10.6. The molecule has 0 radical (unpaired) electrons. The van der Waals surface area contributed by atoms with Gasteiger partial charge in [-0.25, -0.2) is 0 Å². The van der Waals surface area contributed by atoms with Crippen LogP contribution in [0.25, 0.3) is 0 Å². The Labute approximate surface area is 172 Å². The van der Waals surface area contributed by atoms with Gasteiger partial charge in [-0.2, -0.15) is 0 Å². The fourth-order valence-electron chi connectivity index (χ4n) is 4.40. The predicted molar refractivity (Wildman–Crippen MR) is 113 cm³/mol. The van der Waals surface area contributed by atoms with E-state index in [0.29, 0.717) is 18.8 Å². The van der Waals surface area contributed by atoms with Crippen LogP contribution in [0, 0.1) is 0 Å². The predicted octanol–water partition coefficient (Wildman–Crippen LogP) is 2.65. The molecule has 2 aromatic rings. The molecule has 1 atom stereocenters. The van der Waals surface area contributed by atoms with Crippen LogP contribution >= 0.6 is 0 Å². The Hall–Kier alpha value is -2.15. The van der Waals surface area contributed by atoms with Gasteiger partial charge in [-0.05, 0) is 31.5 Å². The summed E-state index contributed by atoms with van der Waals surface area (Å²) in [7, 11) is 1.96. The van der Waals surface area contributed by atoms with Crippen LogP contribution in [0.1, 0.15) is 42.3 Å². The normalized spacial score (nSPS) is 21.3. The summed E-state index contributed by atoms with van der Waals surface area (Å²) in [6.45, 7) is 5.62. The van der Waals surface area contributed by atoms with E-state index in [1.165, 1.54) is 19.3 Å². The molecule has 0 bridgehead atoms. The summed E-state index contributed by atoms with van der Waals surface area (Å²) in [5.41, 5.74) is 2.54. The zero-order valence-corrected chi connectivity index (χ0v) is 17.2. The highest BCUT2D eigenvalue weighted by atomic mass is 16.5. The Balaban J connectivity index is 1.52. The van der Waals surface area contributed by atoms with E-state index in [9.17, 15) is 9.90 Å². The average Bonchev–Trinajstić information content (AvgIpc) is 2.76. The molecule has 3 heterocycles. The minimum atomic E-state index is -0.280. The summed E-state index contributed by atoms with van der Waals surface area (Å²) < 4.78 is 7.97. The van der Waals surface area contributed by atoms with E-state index >= 15 is 0 Å². The summed E-state index contributed by atoms with van der Waals surface area (Å²) in [4.78, 5) is 17.1. The fraction of sp³-hybridized carbons (Fsp3) is 0.522. The van der Waals surface area contributed by atoms with E-state index in [2.05, 4.69) is 21.9 Å². The number of hydrogen-bond acceptors (Lipinski definition) is 5. The number of hydrogen-bond donors (Lipinski definition) is 1. The molecule has 0 spiro atoms. The number of morpholine rings is 1. The molecule has 4 rings (SSSR count). The van der Waals surface area contributed by atoms with Crippen LogP contribution in [0.3, 0.4) is 0 Å². The van der Waals surface area contributed by atoms with Crippen molar-refractivity contribution in [1.82, 2.24) is 14.4 Å². The zero-order valence-electron chi connectivity index (χ0n) is 17.2. The summed E-state index contributed by atoms with van der Waals surface area (Å²) >= 11 is 0. The summed E-state index contributed by atoms with van der Waals surface area (Å²) in [5, 5.41) is 10.5. The lowest BCUT2D eigenvalue weighted by molar-refractivity contribution is -0.0338. The highest BCUT2D eigenvalue weighted by Gasteiger charge is 2.24. The van der Waals surface area contributed by atoms with Gasteiger partial charge in [0.05, 0.1) is 18.4 Å². The van der Waals surface area contributed by atoms with Crippen molar-refractivity contribution in [3.8, 4) is 5.75 Å². The number of rotatable bonds is 5. The van der Waals surface area contributed by atoms with Crippen molar-refractivity contribution in [2.45, 2.75) is 38.5 Å². The second-order valence-electron chi connectivity index (χ2n) is 8.20. The standard InChI is InChI=1S/C23H31N3O3/c1-24-19(15-25-10-6-3-7-11-25)14-21(27)23(28)20(24)16-26-12-13-29-22(17-26)18-8-4-2-5-9-18/h2,4-5,8-9,14,22,28H,3,6-7,10-13,15-17H2,1H3/t22-/m0/s1.